The molecule has 36 heavy (non-hydrogen) atoms. The third kappa shape index (κ3) is 20.1. The fraction of sp³-hybridized carbons (Fsp3) is 0.783. The molecule has 0 radical (unpaired) electrons. The zero-order valence-electron chi connectivity index (χ0n) is 22.7. The van der Waals surface area contributed by atoms with Gasteiger partial charge in [-0.15, -0.1) is 0 Å². The molecule has 2 atom stereocenters. The lowest BCUT2D eigenvalue weighted by molar-refractivity contribution is -0.159. The number of hydrogen-bond acceptors (Lipinski definition) is 8. The molecule has 0 aromatic rings. The van der Waals surface area contributed by atoms with Gasteiger partial charge < -0.3 is 30.0 Å². The van der Waals surface area contributed by atoms with E-state index in [1.807, 2.05) is 0 Å². The van der Waals surface area contributed by atoms with Crippen molar-refractivity contribution >= 4 is 56.9 Å². The van der Waals surface area contributed by atoms with E-state index >= 15 is 0 Å². The van der Waals surface area contributed by atoms with E-state index in [1.165, 1.54) is 0 Å². The molecule has 2 amide bonds. The van der Waals surface area contributed by atoms with Crippen molar-refractivity contribution in [2.75, 3.05) is 0 Å². The average molecular weight is 557 g/mol. The second-order valence-corrected chi connectivity index (χ2v) is 10.8. The molecular weight excluding hydrogens is 512 g/mol. The monoisotopic (exact) mass is 556 g/mol. The first-order chi connectivity index (χ1) is 15.2. The molecule has 0 aliphatic heterocycles. The van der Waals surface area contributed by atoms with Crippen LogP contribution in [0.2, 0.25) is 0 Å². The first kappa shape index (κ1) is 38.4. The van der Waals surface area contributed by atoms with Crippen LogP contribution in [0, 0.1) is 0 Å². The normalized spacial score (nSPS) is 13.0. The lowest BCUT2D eigenvalue weighted by Gasteiger charge is -2.27. The molecule has 0 aliphatic carbocycles. The minimum atomic E-state index is -1.26. The van der Waals surface area contributed by atoms with Gasteiger partial charge in [-0.25, -0.2) is 14.4 Å². The zero-order valence-corrected chi connectivity index (χ0v) is 24.7. The summed E-state index contributed by atoms with van der Waals surface area (Å²) in [4.78, 5) is 60.7. The molecular formula is C23H44N2O9S2. The van der Waals surface area contributed by atoms with Crippen LogP contribution in [-0.2, 0) is 33.4 Å². The Morgan fingerprint density at radius 2 is 0.972 bits per heavy atom. The Balaban J connectivity index is -0.00000544. The number of nitrogens with one attached hydrogen (secondary N) is 2. The van der Waals surface area contributed by atoms with Crippen LogP contribution in [0.3, 0.4) is 0 Å². The van der Waals surface area contributed by atoms with Gasteiger partial charge in [0.05, 0.1) is 0 Å². The second-order valence-electron chi connectivity index (χ2n) is 10.8. The molecule has 0 spiro atoms. The smallest absolute Gasteiger partial charge is 0.329 e. The van der Waals surface area contributed by atoms with Gasteiger partial charge in [-0.1, -0.05) is 0 Å². The van der Waals surface area contributed by atoms with Gasteiger partial charge in [0, 0.05) is 12.8 Å². The number of urea groups is 1. The molecule has 0 aromatic heterocycles. The first-order valence-corrected chi connectivity index (χ1v) is 11.1. The first-order valence-electron chi connectivity index (χ1n) is 11.1. The van der Waals surface area contributed by atoms with Crippen LogP contribution in [0.25, 0.3) is 0 Å². The van der Waals surface area contributed by atoms with Crippen molar-refractivity contribution in [3.8, 4) is 0 Å². The molecule has 3 N–H and O–H groups in total. The molecule has 0 aliphatic rings. The average Bonchev–Trinajstić information content (AvgIpc) is 2.57. The molecule has 0 aromatic carbocycles. The maximum Gasteiger partial charge on any atom is 0.329 e. The molecule has 0 fully saturated rings. The van der Waals surface area contributed by atoms with E-state index in [1.54, 1.807) is 62.3 Å². The van der Waals surface area contributed by atoms with E-state index < -0.39 is 65.2 Å². The molecule has 13 heteroatoms. The van der Waals surface area contributed by atoms with Gasteiger partial charge >= 0.3 is 29.9 Å². The SMILES string of the molecule is CC(C)(C)OC(=O)CC[C@H](NC(=O)N[C@@H](CCC(=O)O)C(=O)OC(C)(C)C)C(=O)OC(C)(C)C.S.S. The summed E-state index contributed by atoms with van der Waals surface area (Å²) >= 11 is 0. The van der Waals surface area contributed by atoms with Gasteiger partial charge in [-0.3, -0.25) is 9.59 Å². The van der Waals surface area contributed by atoms with E-state index in [9.17, 15) is 24.0 Å². The number of rotatable bonds is 10. The van der Waals surface area contributed by atoms with Crippen LogP contribution in [0.4, 0.5) is 4.79 Å². The van der Waals surface area contributed by atoms with E-state index in [0.29, 0.717) is 0 Å². The van der Waals surface area contributed by atoms with Gasteiger partial charge in [0.1, 0.15) is 28.9 Å². The number of aliphatic carboxylic acids is 1. The summed E-state index contributed by atoms with van der Waals surface area (Å²) in [6.07, 6.45) is -0.884. The maximum atomic E-state index is 12.6. The van der Waals surface area contributed by atoms with Gasteiger partial charge in [0.15, 0.2) is 0 Å². The number of carbonyl (C=O) groups excluding carboxylic acids is 4. The van der Waals surface area contributed by atoms with Crippen molar-refractivity contribution in [3.63, 3.8) is 0 Å². The number of carboxylic acid groups (broad SMARTS) is 1. The lowest BCUT2D eigenvalue weighted by Crippen LogP contribution is -2.53. The summed E-state index contributed by atoms with van der Waals surface area (Å²) in [5, 5.41) is 13.7. The van der Waals surface area contributed by atoms with Crippen molar-refractivity contribution < 1.29 is 43.3 Å². The maximum absolute atomic E-state index is 12.6. The van der Waals surface area contributed by atoms with E-state index in [4.69, 9.17) is 19.3 Å². The summed E-state index contributed by atoms with van der Waals surface area (Å²) in [7, 11) is 0. The quantitative estimate of drug-likeness (QED) is 0.272. The standard InChI is InChI=1S/C23H40N2O9.2H2S/c1-21(2,3)32-17(28)13-11-15(19(30)34-23(7,8)9)25-20(31)24-14(10-12-16(26)27)18(29)33-22(4,5)6;;/h14-15H,10-13H2,1-9H3,(H,26,27)(H2,24,25,31);2*1H2/t14-,15-;;/m0../s1. The van der Waals surface area contributed by atoms with Crippen LogP contribution < -0.4 is 10.6 Å². The third-order valence-electron chi connectivity index (χ3n) is 3.70. The largest absolute Gasteiger partial charge is 0.481 e. The fourth-order valence-corrected chi connectivity index (χ4v) is 2.52. The number of carbonyl (C=O) groups is 5. The number of carboxylic acids is 1. The van der Waals surface area contributed by atoms with Gasteiger partial charge in [-0.2, -0.15) is 27.0 Å². The van der Waals surface area contributed by atoms with E-state index in [2.05, 4.69) is 10.6 Å². The molecule has 0 heterocycles. The summed E-state index contributed by atoms with van der Waals surface area (Å²) in [6.45, 7) is 15.0. The summed E-state index contributed by atoms with van der Waals surface area (Å²) < 4.78 is 15.8. The van der Waals surface area contributed by atoms with Crippen LogP contribution >= 0.6 is 27.0 Å². The van der Waals surface area contributed by atoms with Crippen LogP contribution in [-0.4, -0.2) is 63.9 Å². The molecule has 0 saturated carbocycles. The highest BCUT2D eigenvalue weighted by atomic mass is 32.1. The highest BCUT2D eigenvalue weighted by molar-refractivity contribution is 7.59. The van der Waals surface area contributed by atoms with Gasteiger partial charge in [0.2, 0.25) is 0 Å². The van der Waals surface area contributed by atoms with E-state index in [-0.39, 0.29) is 46.3 Å². The van der Waals surface area contributed by atoms with Crippen LogP contribution in [0.15, 0.2) is 0 Å². The van der Waals surface area contributed by atoms with Crippen LogP contribution in [0.1, 0.15) is 88.0 Å². The number of ether oxygens (including phenoxy) is 3. The Kier molecular flexibility index (Phi) is 16.9. The molecule has 0 rings (SSSR count). The van der Waals surface area contributed by atoms with Crippen molar-refractivity contribution in [2.24, 2.45) is 0 Å². The molecule has 0 unspecified atom stereocenters. The van der Waals surface area contributed by atoms with E-state index in [0.717, 1.165) is 0 Å². The minimum Gasteiger partial charge on any atom is -0.481 e. The highest BCUT2D eigenvalue weighted by Gasteiger charge is 2.31. The number of esters is 3. The molecule has 0 bridgehead atoms. The third-order valence-corrected chi connectivity index (χ3v) is 3.70. The van der Waals surface area contributed by atoms with Crippen molar-refractivity contribution in [1.29, 1.82) is 0 Å². The second kappa shape index (κ2) is 15.9. The Morgan fingerprint density at radius 3 is 1.28 bits per heavy atom. The van der Waals surface area contributed by atoms with Crippen LogP contribution in [0.5, 0.6) is 0 Å². The predicted octanol–water partition coefficient (Wildman–Crippen LogP) is 2.92. The lowest BCUT2D eigenvalue weighted by atomic mass is 10.1. The summed E-state index contributed by atoms with van der Waals surface area (Å²) in [5.74, 6) is -3.30. The Morgan fingerprint density at radius 1 is 0.639 bits per heavy atom. The molecule has 212 valence electrons. The topological polar surface area (TPSA) is 157 Å². The van der Waals surface area contributed by atoms with Crippen molar-refractivity contribution in [2.45, 2.75) is 117 Å². The van der Waals surface area contributed by atoms with Crippen molar-refractivity contribution in [3.05, 3.63) is 0 Å². The number of amides is 2. The summed E-state index contributed by atoms with van der Waals surface area (Å²) in [5.41, 5.74) is -2.42. The highest BCUT2D eigenvalue weighted by Crippen LogP contribution is 2.14. The Hall–Kier alpha value is -2.15. The molecule has 11 nitrogen and oxygen atoms in total. The molecule has 0 saturated heterocycles. The fourth-order valence-electron chi connectivity index (χ4n) is 2.52. The minimum absolute atomic E-state index is 0. The Bertz CT molecular complexity index is 754. The zero-order chi connectivity index (χ0) is 26.9. The van der Waals surface area contributed by atoms with Gasteiger partial charge in [-0.05, 0) is 75.2 Å². The Labute approximate surface area is 227 Å². The van der Waals surface area contributed by atoms with Crippen molar-refractivity contribution in [1.82, 2.24) is 10.6 Å². The summed E-state index contributed by atoms with van der Waals surface area (Å²) in [6, 6.07) is -3.40. The number of hydrogen-bond donors (Lipinski definition) is 3. The van der Waals surface area contributed by atoms with Gasteiger partial charge in [0.25, 0.3) is 0 Å². The predicted molar refractivity (Wildman–Crippen MR) is 144 cm³/mol.